The molecule has 0 fully saturated rings. The Kier molecular flexibility index (Phi) is 2.80. The molecule has 0 radical (unpaired) electrons. The first-order chi connectivity index (χ1) is 7.69. The Morgan fingerprint density at radius 1 is 1.38 bits per heavy atom. The van der Waals surface area contributed by atoms with Gasteiger partial charge in [-0.1, -0.05) is 6.92 Å². The molecule has 0 bridgehead atoms. The molecule has 2 rings (SSSR count). The van der Waals surface area contributed by atoms with E-state index in [-0.39, 0.29) is 0 Å². The molecule has 0 aromatic carbocycles. The Morgan fingerprint density at radius 2 is 2.06 bits per heavy atom. The van der Waals surface area contributed by atoms with Gasteiger partial charge in [0, 0.05) is 13.2 Å². The first kappa shape index (κ1) is 10.5. The summed E-state index contributed by atoms with van der Waals surface area (Å²) < 4.78 is 14.3. The van der Waals surface area contributed by atoms with Crippen LogP contribution >= 0.6 is 0 Å². The number of hydrogen-bond donors (Lipinski definition) is 1. The van der Waals surface area contributed by atoms with Crippen LogP contribution in [0.25, 0.3) is 0 Å². The lowest BCUT2D eigenvalue weighted by atomic mass is 10.3. The predicted molar refractivity (Wildman–Crippen MR) is 57.9 cm³/mol. The maximum Gasteiger partial charge on any atom is 0.227 e. The average molecular weight is 221 g/mol. The van der Waals surface area contributed by atoms with Gasteiger partial charge in [0.25, 0.3) is 0 Å². The minimum Gasteiger partial charge on any atom is -0.321 e. The van der Waals surface area contributed by atoms with Crippen molar-refractivity contribution in [3.05, 3.63) is 30.1 Å². The fourth-order valence-electron chi connectivity index (χ4n) is 1.40. The van der Waals surface area contributed by atoms with Crippen LogP contribution in [0.1, 0.15) is 12.6 Å². The predicted octanol–water partition coefficient (Wildman–Crippen LogP) is 1.66. The number of aryl methyl sites for hydroxylation is 2. The first-order valence-electron chi connectivity index (χ1n) is 4.96. The van der Waals surface area contributed by atoms with Gasteiger partial charge in [0.05, 0.1) is 23.8 Å². The molecule has 0 aliphatic carbocycles. The third-order valence-corrected chi connectivity index (χ3v) is 2.11. The SMILES string of the molecule is CCc1nn(C)cc1Nc1ncc(F)cn1. The van der Waals surface area contributed by atoms with Gasteiger partial charge in [-0.05, 0) is 6.42 Å². The molecule has 5 nitrogen and oxygen atoms in total. The highest BCUT2D eigenvalue weighted by molar-refractivity contribution is 5.55. The molecule has 2 aromatic rings. The van der Waals surface area contributed by atoms with Crippen LogP contribution in [-0.2, 0) is 13.5 Å². The van der Waals surface area contributed by atoms with Crippen molar-refractivity contribution in [2.75, 3.05) is 5.32 Å². The van der Waals surface area contributed by atoms with E-state index in [4.69, 9.17) is 0 Å². The van der Waals surface area contributed by atoms with Crippen molar-refractivity contribution in [3.8, 4) is 0 Å². The smallest absolute Gasteiger partial charge is 0.227 e. The summed E-state index contributed by atoms with van der Waals surface area (Å²) in [5.41, 5.74) is 1.77. The van der Waals surface area contributed by atoms with Gasteiger partial charge in [-0.15, -0.1) is 0 Å². The van der Waals surface area contributed by atoms with E-state index in [1.165, 1.54) is 0 Å². The van der Waals surface area contributed by atoms with Crippen molar-refractivity contribution >= 4 is 11.6 Å². The molecule has 16 heavy (non-hydrogen) atoms. The Morgan fingerprint density at radius 3 is 2.69 bits per heavy atom. The number of anilines is 2. The van der Waals surface area contributed by atoms with E-state index in [0.29, 0.717) is 5.95 Å². The van der Waals surface area contributed by atoms with Crippen molar-refractivity contribution in [3.63, 3.8) is 0 Å². The first-order valence-corrected chi connectivity index (χ1v) is 4.96. The summed E-state index contributed by atoms with van der Waals surface area (Å²) in [5, 5.41) is 7.27. The van der Waals surface area contributed by atoms with Crippen LogP contribution in [0, 0.1) is 5.82 Å². The fraction of sp³-hybridized carbons (Fsp3) is 0.300. The molecule has 0 amide bonds. The molecular weight excluding hydrogens is 209 g/mol. The van der Waals surface area contributed by atoms with Crippen molar-refractivity contribution < 1.29 is 4.39 Å². The van der Waals surface area contributed by atoms with Gasteiger partial charge in [-0.3, -0.25) is 4.68 Å². The summed E-state index contributed by atoms with van der Waals surface area (Å²) in [6.45, 7) is 2.01. The van der Waals surface area contributed by atoms with Crippen LogP contribution in [0.4, 0.5) is 16.0 Å². The zero-order valence-corrected chi connectivity index (χ0v) is 9.11. The molecule has 0 saturated heterocycles. The Bertz CT molecular complexity index is 476. The largest absolute Gasteiger partial charge is 0.321 e. The van der Waals surface area contributed by atoms with Crippen molar-refractivity contribution in [1.29, 1.82) is 0 Å². The second-order valence-corrected chi connectivity index (χ2v) is 3.37. The topological polar surface area (TPSA) is 55.6 Å². The van der Waals surface area contributed by atoms with E-state index < -0.39 is 5.82 Å². The minimum absolute atomic E-state index is 0.365. The Labute approximate surface area is 92.3 Å². The molecule has 0 unspecified atom stereocenters. The lowest BCUT2D eigenvalue weighted by Gasteiger charge is -2.02. The van der Waals surface area contributed by atoms with Gasteiger partial charge < -0.3 is 5.32 Å². The van der Waals surface area contributed by atoms with Crippen LogP contribution in [0.5, 0.6) is 0 Å². The molecule has 6 heteroatoms. The average Bonchev–Trinajstić information content (AvgIpc) is 2.62. The van der Waals surface area contributed by atoms with Crippen LogP contribution in [0.2, 0.25) is 0 Å². The van der Waals surface area contributed by atoms with Gasteiger partial charge in [0.2, 0.25) is 5.95 Å². The summed E-state index contributed by atoms with van der Waals surface area (Å²) in [4.78, 5) is 7.65. The highest BCUT2D eigenvalue weighted by Gasteiger charge is 2.07. The number of nitrogens with zero attached hydrogens (tertiary/aromatic N) is 4. The van der Waals surface area contributed by atoms with Crippen molar-refractivity contribution in [1.82, 2.24) is 19.7 Å². The maximum atomic E-state index is 12.6. The highest BCUT2D eigenvalue weighted by atomic mass is 19.1. The van der Waals surface area contributed by atoms with E-state index in [1.54, 1.807) is 4.68 Å². The van der Waals surface area contributed by atoms with Gasteiger partial charge in [0.1, 0.15) is 0 Å². The molecule has 0 saturated carbocycles. The quantitative estimate of drug-likeness (QED) is 0.856. The molecule has 0 atom stereocenters. The number of nitrogens with one attached hydrogen (secondary N) is 1. The molecule has 0 spiro atoms. The van der Waals surface area contributed by atoms with E-state index >= 15 is 0 Å². The van der Waals surface area contributed by atoms with E-state index in [1.807, 2.05) is 20.2 Å². The molecule has 1 N–H and O–H groups in total. The minimum atomic E-state index is -0.451. The molecule has 84 valence electrons. The molecular formula is C10H12FN5. The van der Waals surface area contributed by atoms with Crippen LogP contribution in [0.3, 0.4) is 0 Å². The Hall–Kier alpha value is -1.98. The summed E-state index contributed by atoms with van der Waals surface area (Å²) in [6.07, 6.45) is 4.89. The molecule has 2 aromatic heterocycles. The van der Waals surface area contributed by atoms with E-state index in [0.717, 1.165) is 30.2 Å². The fourth-order valence-corrected chi connectivity index (χ4v) is 1.40. The monoisotopic (exact) mass is 221 g/mol. The third kappa shape index (κ3) is 2.16. The summed E-state index contributed by atoms with van der Waals surface area (Å²) in [7, 11) is 1.84. The standard InChI is InChI=1S/C10H12FN5/c1-3-8-9(6-16(2)15-8)14-10-12-4-7(11)5-13-10/h4-6H,3H2,1-2H3,(H,12,13,14). The number of aromatic nitrogens is 4. The summed E-state index contributed by atoms with van der Waals surface area (Å²) in [6, 6.07) is 0. The second kappa shape index (κ2) is 4.26. The lowest BCUT2D eigenvalue weighted by Crippen LogP contribution is -1.98. The lowest BCUT2D eigenvalue weighted by molar-refractivity contribution is 0.614. The highest BCUT2D eigenvalue weighted by Crippen LogP contribution is 2.17. The summed E-state index contributed by atoms with van der Waals surface area (Å²) >= 11 is 0. The maximum absolute atomic E-state index is 12.6. The van der Waals surface area contributed by atoms with Crippen LogP contribution in [-0.4, -0.2) is 19.7 Å². The van der Waals surface area contributed by atoms with Crippen LogP contribution < -0.4 is 5.32 Å². The van der Waals surface area contributed by atoms with Crippen LogP contribution in [0.15, 0.2) is 18.6 Å². The number of hydrogen-bond acceptors (Lipinski definition) is 4. The normalized spacial score (nSPS) is 10.4. The van der Waals surface area contributed by atoms with Gasteiger partial charge in [-0.25, -0.2) is 14.4 Å². The Balaban J connectivity index is 2.22. The number of halogens is 1. The van der Waals surface area contributed by atoms with Gasteiger partial charge in [0.15, 0.2) is 5.82 Å². The summed E-state index contributed by atoms with van der Waals surface area (Å²) in [5.74, 6) is -0.0865. The van der Waals surface area contributed by atoms with Crippen molar-refractivity contribution in [2.45, 2.75) is 13.3 Å². The van der Waals surface area contributed by atoms with Gasteiger partial charge in [-0.2, -0.15) is 5.10 Å². The zero-order valence-electron chi connectivity index (χ0n) is 9.11. The van der Waals surface area contributed by atoms with E-state index in [2.05, 4.69) is 20.4 Å². The molecule has 0 aliphatic heterocycles. The zero-order chi connectivity index (χ0) is 11.5. The third-order valence-electron chi connectivity index (χ3n) is 2.11. The molecule has 2 heterocycles. The van der Waals surface area contributed by atoms with E-state index in [9.17, 15) is 4.39 Å². The molecule has 0 aliphatic rings. The van der Waals surface area contributed by atoms with Crippen molar-refractivity contribution in [2.24, 2.45) is 7.05 Å². The second-order valence-electron chi connectivity index (χ2n) is 3.37. The van der Waals surface area contributed by atoms with Gasteiger partial charge >= 0.3 is 0 Å². The number of rotatable bonds is 3.